The molecule has 3 aromatic rings. The number of esters is 1. The van der Waals surface area contributed by atoms with Gasteiger partial charge in [-0.3, -0.25) is 9.80 Å². The SMILES string of the molecule is COC(=O)[C@@H]1C[C@H](O)CN1C(=O)OC(C)(C)C.O=C(O)[C@@H]1C[C@@H](Oc2ccccn2)CN1C(=O)OCC1c2ccccc2-c2ccccc21. The van der Waals surface area contributed by atoms with Crippen LogP contribution >= 0.6 is 0 Å². The number of nitrogens with zero attached hydrogens (tertiary/aromatic N) is 3. The number of amides is 2. The van der Waals surface area contributed by atoms with E-state index in [1.54, 1.807) is 45.2 Å². The lowest BCUT2D eigenvalue weighted by molar-refractivity contribution is -0.145. The Kier molecular flexibility index (Phi) is 10.7. The van der Waals surface area contributed by atoms with Gasteiger partial charge in [0.05, 0.1) is 26.3 Å². The molecule has 0 bridgehead atoms. The molecule has 49 heavy (non-hydrogen) atoms. The molecule has 4 atom stereocenters. The van der Waals surface area contributed by atoms with Gasteiger partial charge in [-0.1, -0.05) is 54.6 Å². The Hall–Kier alpha value is -5.17. The number of carboxylic acids is 1. The first-order valence-electron chi connectivity index (χ1n) is 16.0. The van der Waals surface area contributed by atoms with E-state index >= 15 is 0 Å². The van der Waals surface area contributed by atoms with E-state index in [1.807, 2.05) is 36.4 Å². The van der Waals surface area contributed by atoms with Crippen molar-refractivity contribution in [3.8, 4) is 17.0 Å². The number of β-amino-alcohol motifs (C(OH)–C–C–N with tert-alkyl or cyclic N) is 1. The summed E-state index contributed by atoms with van der Waals surface area (Å²) in [6.45, 7) is 5.58. The standard InChI is InChI=1S/C25H22N2O5.C11H19NO5/c28-24(29)22-13-16(32-23-11-5-6-12-26-23)14-27(22)25(30)31-15-21-19-9-3-1-7-17(19)18-8-2-4-10-20(18)21;1-11(2,3)17-10(15)12-6-7(13)5-8(12)9(14)16-4/h1-12,16,21-22H,13-15H2,(H,28,29);7-8,13H,5-6H2,1-4H3/t16-,22+;7-,8-/m10/s1. The minimum Gasteiger partial charge on any atom is -0.480 e. The zero-order valence-electron chi connectivity index (χ0n) is 27.9. The third-order valence-electron chi connectivity index (χ3n) is 8.42. The maximum atomic E-state index is 12.9. The van der Waals surface area contributed by atoms with Gasteiger partial charge in [-0.05, 0) is 49.1 Å². The number of aromatic nitrogens is 1. The highest BCUT2D eigenvalue weighted by Crippen LogP contribution is 2.44. The van der Waals surface area contributed by atoms with Crippen LogP contribution in [0.5, 0.6) is 5.88 Å². The molecule has 2 aliphatic heterocycles. The second-order valence-corrected chi connectivity index (χ2v) is 13.0. The summed E-state index contributed by atoms with van der Waals surface area (Å²) in [5.41, 5.74) is 3.85. The first-order chi connectivity index (χ1) is 23.4. The molecule has 0 radical (unpaired) electrons. The Bertz CT molecular complexity index is 1610. The highest BCUT2D eigenvalue weighted by atomic mass is 16.6. The fraction of sp³-hybridized carbons (Fsp3) is 0.417. The predicted octanol–water partition coefficient (Wildman–Crippen LogP) is 4.47. The van der Waals surface area contributed by atoms with Crippen molar-refractivity contribution in [1.82, 2.24) is 14.8 Å². The second kappa shape index (κ2) is 14.9. The number of likely N-dealkylation sites (tertiary alicyclic amines) is 2. The minimum absolute atomic E-state index is 0.0854. The third-order valence-corrected chi connectivity index (χ3v) is 8.42. The van der Waals surface area contributed by atoms with Gasteiger partial charge in [-0.25, -0.2) is 24.2 Å². The van der Waals surface area contributed by atoms with Crippen molar-refractivity contribution in [2.45, 2.75) is 69.4 Å². The number of methoxy groups -OCH3 is 1. The molecule has 1 aromatic heterocycles. The molecule has 0 saturated carbocycles. The Balaban J connectivity index is 0.000000234. The molecular weight excluding hydrogens is 634 g/mol. The maximum Gasteiger partial charge on any atom is 0.411 e. The Morgan fingerprint density at radius 3 is 2.02 bits per heavy atom. The van der Waals surface area contributed by atoms with Gasteiger partial charge in [-0.2, -0.15) is 0 Å². The second-order valence-electron chi connectivity index (χ2n) is 13.0. The number of rotatable bonds is 6. The number of fused-ring (bicyclic) bond motifs is 3. The smallest absolute Gasteiger partial charge is 0.411 e. The van der Waals surface area contributed by atoms with Crippen molar-refractivity contribution in [1.29, 1.82) is 0 Å². The fourth-order valence-corrected chi connectivity index (χ4v) is 6.28. The number of ether oxygens (including phenoxy) is 4. The number of pyridine rings is 1. The number of aliphatic carboxylic acids is 1. The molecule has 0 unspecified atom stereocenters. The summed E-state index contributed by atoms with van der Waals surface area (Å²) in [6, 6.07) is 19.6. The molecule has 260 valence electrons. The van der Waals surface area contributed by atoms with Crippen LogP contribution < -0.4 is 4.74 Å². The number of benzene rings is 2. The number of carboxylic acid groups (broad SMARTS) is 1. The third kappa shape index (κ3) is 8.29. The van der Waals surface area contributed by atoms with Crippen LogP contribution in [-0.2, 0) is 23.8 Å². The van der Waals surface area contributed by atoms with Crippen LogP contribution in [0.4, 0.5) is 9.59 Å². The number of hydrogen-bond acceptors (Lipinski definition) is 10. The maximum absolute atomic E-state index is 12.9. The van der Waals surface area contributed by atoms with Crippen molar-refractivity contribution >= 4 is 24.1 Å². The zero-order valence-corrected chi connectivity index (χ0v) is 27.9. The van der Waals surface area contributed by atoms with Crippen molar-refractivity contribution in [2.75, 3.05) is 26.8 Å². The first-order valence-corrected chi connectivity index (χ1v) is 16.0. The van der Waals surface area contributed by atoms with E-state index in [9.17, 15) is 29.4 Å². The molecule has 2 fully saturated rings. The van der Waals surface area contributed by atoms with Gasteiger partial charge in [-0.15, -0.1) is 0 Å². The topological polar surface area (TPSA) is 165 Å². The Morgan fingerprint density at radius 1 is 0.837 bits per heavy atom. The minimum atomic E-state index is -1.08. The van der Waals surface area contributed by atoms with Crippen LogP contribution in [0.25, 0.3) is 11.1 Å². The van der Waals surface area contributed by atoms with E-state index in [1.165, 1.54) is 16.9 Å². The van der Waals surface area contributed by atoms with Crippen LogP contribution in [0.1, 0.15) is 50.7 Å². The van der Waals surface area contributed by atoms with Crippen molar-refractivity contribution in [2.24, 2.45) is 0 Å². The normalized spacial score (nSPS) is 21.2. The van der Waals surface area contributed by atoms with Crippen LogP contribution in [0.15, 0.2) is 72.9 Å². The van der Waals surface area contributed by atoms with Crippen LogP contribution in [-0.4, -0.2) is 106 Å². The van der Waals surface area contributed by atoms with Gasteiger partial charge in [0.25, 0.3) is 0 Å². The summed E-state index contributed by atoms with van der Waals surface area (Å²) in [4.78, 5) is 54.5. The molecule has 6 rings (SSSR count). The van der Waals surface area contributed by atoms with Crippen molar-refractivity contribution < 1.29 is 48.3 Å². The fourth-order valence-electron chi connectivity index (χ4n) is 6.28. The molecular formula is C36H41N3O10. The molecule has 1 aliphatic carbocycles. The van der Waals surface area contributed by atoms with Crippen molar-refractivity contribution in [3.05, 3.63) is 84.1 Å². The summed E-state index contributed by atoms with van der Waals surface area (Å²) in [5, 5.41) is 19.1. The zero-order chi connectivity index (χ0) is 35.3. The average molecular weight is 676 g/mol. The summed E-state index contributed by atoms with van der Waals surface area (Å²) in [6.07, 6.45) is -0.474. The molecule has 2 N–H and O–H groups in total. The lowest BCUT2D eigenvalue weighted by Gasteiger charge is -2.27. The molecule has 2 aromatic carbocycles. The van der Waals surface area contributed by atoms with E-state index in [-0.39, 0.29) is 38.5 Å². The molecule has 0 spiro atoms. The summed E-state index contributed by atoms with van der Waals surface area (Å²) in [7, 11) is 1.25. The largest absolute Gasteiger partial charge is 0.480 e. The molecule has 13 nitrogen and oxygen atoms in total. The average Bonchev–Trinajstić information content (AvgIpc) is 3.77. The number of aliphatic hydroxyl groups is 1. The lowest BCUT2D eigenvalue weighted by Crippen LogP contribution is -2.43. The van der Waals surface area contributed by atoms with Gasteiger partial charge in [0.15, 0.2) is 0 Å². The molecule has 2 amide bonds. The van der Waals surface area contributed by atoms with Crippen LogP contribution in [0.2, 0.25) is 0 Å². The Labute approximate surface area is 284 Å². The highest BCUT2D eigenvalue weighted by molar-refractivity contribution is 5.83. The van der Waals surface area contributed by atoms with Gasteiger partial charge in [0.1, 0.15) is 30.4 Å². The summed E-state index contributed by atoms with van der Waals surface area (Å²) in [5.74, 6) is -1.30. The van der Waals surface area contributed by atoms with Gasteiger partial charge >= 0.3 is 24.1 Å². The number of hydrogen-bond donors (Lipinski definition) is 2. The van der Waals surface area contributed by atoms with Crippen molar-refractivity contribution in [3.63, 3.8) is 0 Å². The molecule has 2 saturated heterocycles. The predicted molar refractivity (Wildman–Crippen MR) is 176 cm³/mol. The molecule has 3 aliphatic rings. The van der Waals surface area contributed by atoms with E-state index in [4.69, 9.17) is 14.2 Å². The number of carbonyl (C=O) groups excluding carboxylic acids is 3. The summed E-state index contributed by atoms with van der Waals surface area (Å²) < 4.78 is 21.2. The quantitative estimate of drug-likeness (QED) is 0.280. The van der Waals surface area contributed by atoms with Gasteiger partial charge < -0.3 is 29.2 Å². The monoisotopic (exact) mass is 675 g/mol. The lowest BCUT2D eigenvalue weighted by atomic mass is 9.98. The highest BCUT2D eigenvalue weighted by Gasteiger charge is 2.43. The first kappa shape index (κ1) is 35.1. The molecule has 3 heterocycles. The molecule has 13 heteroatoms. The number of aliphatic hydroxyl groups excluding tert-OH is 1. The van der Waals surface area contributed by atoms with E-state index in [0.29, 0.717) is 5.88 Å². The number of carbonyl (C=O) groups is 4. The van der Waals surface area contributed by atoms with E-state index < -0.39 is 54.0 Å². The summed E-state index contributed by atoms with van der Waals surface area (Å²) >= 11 is 0. The van der Waals surface area contributed by atoms with Gasteiger partial charge in [0, 0.05) is 31.0 Å². The van der Waals surface area contributed by atoms with E-state index in [2.05, 4.69) is 21.9 Å². The van der Waals surface area contributed by atoms with Crippen LogP contribution in [0.3, 0.4) is 0 Å². The van der Waals surface area contributed by atoms with E-state index in [0.717, 1.165) is 22.3 Å². The van der Waals surface area contributed by atoms with Crippen LogP contribution in [0, 0.1) is 0 Å². The Morgan fingerprint density at radius 2 is 1.45 bits per heavy atom. The van der Waals surface area contributed by atoms with Gasteiger partial charge in [0.2, 0.25) is 5.88 Å².